The topological polar surface area (TPSA) is 115 Å². The molecular weight excluding hydrogens is 304 g/mol. The highest BCUT2D eigenvalue weighted by molar-refractivity contribution is 7.99. The molecule has 124 valence electrons. The summed E-state index contributed by atoms with van der Waals surface area (Å²) in [6.45, 7) is 2.56. The van der Waals surface area contributed by atoms with Crippen molar-refractivity contribution in [1.29, 1.82) is 0 Å². The Kier molecular flexibility index (Phi) is 12.2. The molecule has 0 heterocycles. The molecule has 0 saturated carbocycles. The van der Waals surface area contributed by atoms with Crippen LogP contribution in [0.5, 0.6) is 0 Å². The highest BCUT2D eigenvalue weighted by Gasteiger charge is 2.09. The molecule has 0 radical (unpaired) electrons. The fourth-order valence-electron chi connectivity index (χ4n) is 1.49. The van der Waals surface area contributed by atoms with E-state index in [0.717, 1.165) is 18.1 Å². The molecule has 1 atom stereocenters. The third kappa shape index (κ3) is 10.2. The molecule has 0 aliphatic carbocycles. The highest BCUT2D eigenvalue weighted by Crippen LogP contribution is 2.13. The minimum Gasteiger partial charge on any atom is -0.549 e. The Morgan fingerprint density at radius 3 is 2.41 bits per heavy atom. The van der Waals surface area contributed by atoms with E-state index in [2.05, 4.69) is 5.32 Å². The number of carbonyl (C=O) groups excluding carboxylic acids is 2. The minimum atomic E-state index is -1.25. The lowest BCUT2D eigenvalue weighted by Gasteiger charge is -2.14. The number of nitrogens with two attached hydrogens (primary N) is 1. The first kappa shape index (κ1) is 20.4. The Bertz CT molecular complexity index is 429. The van der Waals surface area contributed by atoms with Crippen molar-refractivity contribution >= 4 is 23.6 Å². The lowest BCUT2D eigenvalue weighted by molar-refractivity contribution is -0.308. The molecule has 1 aromatic rings. The summed E-state index contributed by atoms with van der Waals surface area (Å²) in [4.78, 5) is 20.8. The Morgan fingerprint density at radius 2 is 1.95 bits per heavy atom. The fourth-order valence-corrected chi connectivity index (χ4v) is 2.10. The number of hydrogen-bond donors (Lipinski definition) is 3. The van der Waals surface area contributed by atoms with Gasteiger partial charge in [0.15, 0.2) is 0 Å². The van der Waals surface area contributed by atoms with E-state index < -0.39 is 18.5 Å². The zero-order chi connectivity index (χ0) is 16.8. The summed E-state index contributed by atoms with van der Waals surface area (Å²) in [5.41, 5.74) is 5.83. The van der Waals surface area contributed by atoms with E-state index in [1.54, 1.807) is 42.1 Å². The molecular formula is C15H23N2O4S-. The van der Waals surface area contributed by atoms with Gasteiger partial charge in [0, 0.05) is 37.4 Å². The lowest BCUT2D eigenvalue weighted by atomic mass is 10.0. The van der Waals surface area contributed by atoms with Crippen LogP contribution in [0, 0.1) is 0 Å². The molecule has 0 fully saturated rings. The quantitative estimate of drug-likeness (QED) is 0.545. The number of carboxylic acids is 1. The van der Waals surface area contributed by atoms with E-state index in [9.17, 15) is 14.7 Å². The van der Waals surface area contributed by atoms with Crippen molar-refractivity contribution in [3.8, 4) is 0 Å². The van der Waals surface area contributed by atoms with Crippen molar-refractivity contribution < 1.29 is 19.8 Å². The van der Waals surface area contributed by atoms with Gasteiger partial charge >= 0.3 is 0 Å². The molecule has 7 heteroatoms. The maximum absolute atomic E-state index is 10.5. The highest BCUT2D eigenvalue weighted by atomic mass is 32.2. The molecule has 0 aliphatic heterocycles. The second kappa shape index (κ2) is 13.1. The van der Waals surface area contributed by atoms with E-state index >= 15 is 0 Å². The van der Waals surface area contributed by atoms with Gasteiger partial charge < -0.3 is 26.1 Å². The van der Waals surface area contributed by atoms with Gasteiger partial charge in [-0.1, -0.05) is 30.3 Å². The average Bonchev–Trinajstić information content (AvgIpc) is 2.49. The summed E-state index contributed by atoms with van der Waals surface area (Å²) in [5.74, 6) is -0.195. The van der Waals surface area contributed by atoms with E-state index in [4.69, 9.17) is 10.8 Å². The van der Waals surface area contributed by atoms with Crippen LogP contribution >= 0.6 is 11.8 Å². The number of hydrogen-bond acceptors (Lipinski definition) is 6. The molecule has 1 amide bonds. The number of amides is 1. The van der Waals surface area contributed by atoms with Crippen molar-refractivity contribution in [3.63, 3.8) is 0 Å². The normalized spacial score (nSPS) is 11.0. The average molecular weight is 327 g/mol. The van der Waals surface area contributed by atoms with Gasteiger partial charge in [-0.3, -0.25) is 4.79 Å². The monoisotopic (exact) mass is 327 g/mol. The van der Waals surface area contributed by atoms with Gasteiger partial charge in [-0.05, 0) is 5.56 Å². The molecule has 0 bridgehead atoms. The Balaban J connectivity index is 0.000000409. The van der Waals surface area contributed by atoms with Crippen LogP contribution < -0.4 is 16.2 Å². The Morgan fingerprint density at radius 1 is 1.32 bits per heavy atom. The van der Waals surface area contributed by atoms with Crippen molar-refractivity contribution in [1.82, 2.24) is 5.32 Å². The van der Waals surface area contributed by atoms with Crippen LogP contribution in [0.1, 0.15) is 18.4 Å². The molecule has 0 aromatic heterocycles. The maximum Gasteiger partial charge on any atom is 0.216 e. The summed E-state index contributed by atoms with van der Waals surface area (Å²) in [6.07, 6.45) is 0. The van der Waals surface area contributed by atoms with E-state index in [-0.39, 0.29) is 5.91 Å². The third-order valence-corrected chi connectivity index (χ3v) is 3.57. The Hall–Kier alpha value is -1.57. The fraction of sp³-hybridized carbons (Fsp3) is 0.467. The molecule has 1 unspecified atom stereocenters. The SMILES string of the molecule is CC(=O)NCCSCCN.O=C([O-])C(CO)c1ccccc1. The molecule has 4 N–H and O–H groups in total. The maximum atomic E-state index is 10.5. The molecule has 6 nitrogen and oxygen atoms in total. The van der Waals surface area contributed by atoms with Crippen LogP contribution in [0.4, 0.5) is 0 Å². The predicted molar refractivity (Wildman–Crippen MR) is 86.3 cm³/mol. The lowest BCUT2D eigenvalue weighted by Crippen LogP contribution is -2.31. The van der Waals surface area contributed by atoms with Gasteiger partial charge in [-0.25, -0.2) is 0 Å². The first-order valence-electron chi connectivity index (χ1n) is 6.91. The van der Waals surface area contributed by atoms with Gasteiger partial charge in [0.2, 0.25) is 5.91 Å². The van der Waals surface area contributed by atoms with Crippen LogP contribution in [0.15, 0.2) is 30.3 Å². The summed E-state index contributed by atoms with van der Waals surface area (Å²) in [6, 6.07) is 8.53. The van der Waals surface area contributed by atoms with Crippen LogP contribution in [0.25, 0.3) is 0 Å². The Labute approximate surface area is 135 Å². The molecule has 0 aliphatic rings. The number of thioether (sulfide) groups is 1. The van der Waals surface area contributed by atoms with Gasteiger partial charge in [-0.15, -0.1) is 0 Å². The molecule has 0 saturated heterocycles. The third-order valence-electron chi connectivity index (χ3n) is 2.55. The predicted octanol–water partition coefficient (Wildman–Crippen LogP) is -0.673. The van der Waals surface area contributed by atoms with Crippen molar-refractivity contribution in [2.75, 3.05) is 31.2 Å². The van der Waals surface area contributed by atoms with Crippen LogP contribution in [0.2, 0.25) is 0 Å². The van der Waals surface area contributed by atoms with Crippen LogP contribution in [0.3, 0.4) is 0 Å². The van der Waals surface area contributed by atoms with Gasteiger partial charge in [0.05, 0.1) is 12.6 Å². The summed E-state index contributed by atoms with van der Waals surface area (Å²) < 4.78 is 0. The first-order valence-corrected chi connectivity index (χ1v) is 8.07. The number of carbonyl (C=O) groups is 2. The summed E-state index contributed by atoms with van der Waals surface area (Å²) >= 11 is 1.76. The van der Waals surface area contributed by atoms with E-state index in [0.29, 0.717) is 12.1 Å². The number of benzene rings is 1. The van der Waals surface area contributed by atoms with Crippen molar-refractivity contribution in [2.24, 2.45) is 5.73 Å². The van der Waals surface area contributed by atoms with Gasteiger partial charge in [0.25, 0.3) is 0 Å². The standard InChI is InChI=1S/C9H10O3.C6H14N2OS/c10-6-8(9(11)12)7-4-2-1-3-5-7;1-6(9)8-3-5-10-4-2-7/h1-5,8,10H,6H2,(H,11,12);2-5,7H2,1H3,(H,8,9)/p-1. The van der Waals surface area contributed by atoms with E-state index in [1.807, 2.05) is 0 Å². The van der Waals surface area contributed by atoms with Gasteiger partial charge in [0.1, 0.15) is 0 Å². The molecule has 1 aromatic carbocycles. The zero-order valence-electron chi connectivity index (χ0n) is 12.7. The van der Waals surface area contributed by atoms with Crippen LogP contribution in [-0.2, 0) is 9.59 Å². The second-order valence-electron chi connectivity index (χ2n) is 4.35. The number of nitrogens with one attached hydrogen (secondary N) is 1. The second-order valence-corrected chi connectivity index (χ2v) is 5.57. The number of rotatable bonds is 8. The minimum absolute atomic E-state index is 0.0355. The summed E-state index contributed by atoms with van der Waals surface area (Å²) in [5, 5.41) is 21.9. The number of carboxylic acid groups (broad SMARTS) is 1. The van der Waals surface area contributed by atoms with Crippen molar-refractivity contribution in [2.45, 2.75) is 12.8 Å². The number of aliphatic hydroxyl groups excluding tert-OH is 1. The number of aliphatic carboxylic acids is 1. The zero-order valence-corrected chi connectivity index (χ0v) is 13.5. The largest absolute Gasteiger partial charge is 0.549 e. The number of aliphatic hydroxyl groups is 1. The van der Waals surface area contributed by atoms with Crippen LogP contribution in [-0.4, -0.2) is 48.2 Å². The smallest absolute Gasteiger partial charge is 0.216 e. The summed E-state index contributed by atoms with van der Waals surface area (Å²) in [7, 11) is 0. The van der Waals surface area contributed by atoms with Crippen molar-refractivity contribution in [3.05, 3.63) is 35.9 Å². The van der Waals surface area contributed by atoms with E-state index in [1.165, 1.54) is 6.92 Å². The van der Waals surface area contributed by atoms with Gasteiger partial charge in [-0.2, -0.15) is 11.8 Å². The molecule has 22 heavy (non-hydrogen) atoms. The first-order chi connectivity index (χ1) is 10.5. The molecule has 0 spiro atoms. The molecule has 1 rings (SSSR count).